The van der Waals surface area contributed by atoms with Crippen molar-refractivity contribution in [3.05, 3.63) is 0 Å². The van der Waals surface area contributed by atoms with Gasteiger partial charge in [-0.3, -0.25) is 4.79 Å². The van der Waals surface area contributed by atoms with Crippen LogP contribution >= 0.6 is 0 Å². The maximum absolute atomic E-state index is 11.4. The molecular formula is C12H27N3O. The van der Waals surface area contributed by atoms with Gasteiger partial charge in [-0.1, -0.05) is 13.8 Å². The highest BCUT2D eigenvalue weighted by atomic mass is 16.1. The van der Waals surface area contributed by atoms with E-state index >= 15 is 0 Å². The van der Waals surface area contributed by atoms with E-state index in [1.165, 1.54) is 0 Å². The van der Waals surface area contributed by atoms with Crippen molar-refractivity contribution in [1.82, 2.24) is 15.5 Å². The molecule has 4 heteroatoms. The molecule has 0 fully saturated rings. The third-order valence-corrected chi connectivity index (χ3v) is 2.76. The van der Waals surface area contributed by atoms with Gasteiger partial charge >= 0.3 is 0 Å². The average Bonchev–Trinajstić information content (AvgIpc) is 2.14. The first kappa shape index (κ1) is 15.4. The minimum absolute atomic E-state index is 0.0678. The Bertz CT molecular complexity index is 212. The van der Waals surface area contributed by atoms with Gasteiger partial charge in [-0.25, -0.2) is 0 Å². The molecule has 0 spiro atoms. The second-order valence-corrected chi connectivity index (χ2v) is 5.51. The van der Waals surface area contributed by atoms with Gasteiger partial charge in [0.05, 0.1) is 6.54 Å². The zero-order valence-corrected chi connectivity index (χ0v) is 11.6. The third-order valence-electron chi connectivity index (χ3n) is 2.76. The lowest BCUT2D eigenvalue weighted by atomic mass is 10.0. The molecule has 0 bridgehead atoms. The highest BCUT2D eigenvalue weighted by molar-refractivity contribution is 5.77. The summed E-state index contributed by atoms with van der Waals surface area (Å²) in [5, 5.41) is 6.06. The van der Waals surface area contributed by atoms with Gasteiger partial charge in [0.25, 0.3) is 0 Å². The van der Waals surface area contributed by atoms with Crippen LogP contribution in [0.4, 0.5) is 0 Å². The van der Waals surface area contributed by atoms with Gasteiger partial charge in [-0.2, -0.15) is 0 Å². The molecule has 1 amide bonds. The fourth-order valence-corrected chi connectivity index (χ4v) is 1.02. The predicted molar refractivity (Wildman–Crippen MR) is 68.5 cm³/mol. The number of amides is 1. The SMILES string of the molecule is CC(C)CNC(=O)CNCC(C)(C)N(C)C. The summed E-state index contributed by atoms with van der Waals surface area (Å²) in [4.78, 5) is 13.6. The zero-order valence-electron chi connectivity index (χ0n) is 11.6. The van der Waals surface area contributed by atoms with E-state index in [2.05, 4.69) is 43.2 Å². The fourth-order valence-electron chi connectivity index (χ4n) is 1.02. The van der Waals surface area contributed by atoms with Crippen molar-refractivity contribution in [1.29, 1.82) is 0 Å². The number of carbonyl (C=O) groups is 1. The largest absolute Gasteiger partial charge is 0.355 e. The Kier molecular flexibility index (Phi) is 6.60. The molecule has 0 aromatic heterocycles. The lowest BCUT2D eigenvalue weighted by molar-refractivity contribution is -0.120. The maximum atomic E-state index is 11.4. The van der Waals surface area contributed by atoms with Crippen molar-refractivity contribution >= 4 is 5.91 Å². The summed E-state index contributed by atoms with van der Waals surface area (Å²) in [7, 11) is 4.08. The van der Waals surface area contributed by atoms with E-state index in [4.69, 9.17) is 0 Å². The topological polar surface area (TPSA) is 44.4 Å². The van der Waals surface area contributed by atoms with Crippen LogP contribution in [-0.2, 0) is 4.79 Å². The van der Waals surface area contributed by atoms with Gasteiger partial charge in [0.2, 0.25) is 5.91 Å². The molecule has 96 valence electrons. The van der Waals surface area contributed by atoms with Crippen LogP contribution in [-0.4, -0.2) is 50.1 Å². The van der Waals surface area contributed by atoms with Crippen LogP contribution in [0.1, 0.15) is 27.7 Å². The van der Waals surface area contributed by atoms with E-state index < -0.39 is 0 Å². The highest BCUT2D eigenvalue weighted by Gasteiger charge is 2.19. The lowest BCUT2D eigenvalue weighted by Crippen LogP contribution is -2.48. The minimum Gasteiger partial charge on any atom is -0.355 e. The molecule has 0 atom stereocenters. The number of carbonyl (C=O) groups excluding carboxylic acids is 1. The van der Waals surface area contributed by atoms with E-state index in [9.17, 15) is 4.79 Å². The average molecular weight is 229 g/mol. The Morgan fingerprint density at radius 3 is 2.31 bits per heavy atom. The molecule has 0 rings (SSSR count). The molecule has 0 aromatic rings. The summed E-state index contributed by atoms with van der Waals surface area (Å²) >= 11 is 0. The third kappa shape index (κ3) is 6.80. The van der Waals surface area contributed by atoms with Gasteiger partial charge in [0.15, 0.2) is 0 Å². The molecule has 0 radical (unpaired) electrons. The smallest absolute Gasteiger partial charge is 0.233 e. The first-order chi connectivity index (χ1) is 7.25. The number of rotatable bonds is 7. The zero-order chi connectivity index (χ0) is 12.8. The van der Waals surface area contributed by atoms with Crippen molar-refractivity contribution in [2.75, 3.05) is 33.7 Å². The molecule has 0 saturated carbocycles. The van der Waals surface area contributed by atoms with Crippen molar-refractivity contribution < 1.29 is 4.79 Å². The van der Waals surface area contributed by atoms with Crippen LogP contribution in [0, 0.1) is 5.92 Å². The van der Waals surface area contributed by atoms with Crippen LogP contribution in [0.5, 0.6) is 0 Å². The number of hydrogen-bond acceptors (Lipinski definition) is 3. The highest BCUT2D eigenvalue weighted by Crippen LogP contribution is 2.07. The number of hydrogen-bond donors (Lipinski definition) is 2. The standard InChI is InChI=1S/C12H27N3O/c1-10(2)7-14-11(16)8-13-9-12(3,4)15(5)6/h10,13H,7-9H2,1-6H3,(H,14,16). The normalized spacial score (nSPS) is 12.2. The number of nitrogens with one attached hydrogen (secondary N) is 2. The van der Waals surface area contributed by atoms with Gasteiger partial charge in [-0.15, -0.1) is 0 Å². The summed E-state index contributed by atoms with van der Waals surface area (Å²) < 4.78 is 0. The Labute approximate surface area is 99.8 Å². The van der Waals surface area contributed by atoms with Gasteiger partial charge in [-0.05, 0) is 33.9 Å². The predicted octanol–water partition coefficient (Wildman–Crippen LogP) is 0.688. The molecule has 16 heavy (non-hydrogen) atoms. The molecule has 0 aromatic carbocycles. The summed E-state index contributed by atoms with van der Waals surface area (Å²) in [6, 6.07) is 0. The van der Waals surface area contributed by atoms with Gasteiger partial charge in [0, 0.05) is 18.6 Å². The molecule has 0 unspecified atom stereocenters. The molecule has 0 aliphatic heterocycles. The lowest BCUT2D eigenvalue weighted by Gasteiger charge is -2.32. The van der Waals surface area contributed by atoms with E-state index in [0.717, 1.165) is 13.1 Å². The number of nitrogens with zero attached hydrogens (tertiary/aromatic N) is 1. The molecule has 0 aliphatic carbocycles. The van der Waals surface area contributed by atoms with Crippen molar-refractivity contribution in [3.63, 3.8) is 0 Å². The molecule has 0 heterocycles. The Morgan fingerprint density at radius 1 is 1.31 bits per heavy atom. The second-order valence-electron chi connectivity index (χ2n) is 5.51. The first-order valence-electron chi connectivity index (χ1n) is 5.90. The molecular weight excluding hydrogens is 202 g/mol. The van der Waals surface area contributed by atoms with Gasteiger partial charge < -0.3 is 15.5 Å². The minimum atomic E-state index is 0.0678. The second kappa shape index (κ2) is 6.86. The Balaban J connectivity index is 3.70. The van der Waals surface area contributed by atoms with Crippen molar-refractivity contribution in [2.24, 2.45) is 5.92 Å². The summed E-state index contributed by atoms with van der Waals surface area (Å²) in [5.41, 5.74) is 0.0678. The van der Waals surface area contributed by atoms with Crippen LogP contribution in [0.2, 0.25) is 0 Å². The monoisotopic (exact) mass is 229 g/mol. The number of likely N-dealkylation sites (N-methyl/N-ethyl adjacent to an activating group) is 1. The summed E-state index contributed by atoms with van der Waals surface area (Å²) in [6.07, 6.45) is 0. The van der Waals surface area contributed by atoms with E-state index in [1.54, 1.807) is 0 Å². The quantitative estimate of drug-likeness (QED) is 0.675. The van der Waals surface area contributed by atoms with E-state index in [0.29, 0.717) is 12.5 Å². The van der Waals surface area contributed by atoms with Crippen LogP contribution < -0.4 is 10.6 Å². The van der Waals surface area contributed by atoms with Gasteiger partial charge in [0.1, 0.15) is 0 Å². The Hall–Kier alpha value is -0.610. The summed E-state index contributed by atoms with van der Waals surface area (Å²) in [5.74, 6) is 0.574. The molecule has 2 N–H and O–H groups in total. The first-order valence-corrected chi connectivity index (χ1v) is 5.90. The fraction of sp³-hybridized carbons (Fsp3) is 0.917. The van der Waals surface area contributed by atoms with E-state index in [-0.39, 0.29) is 11.4 Å². The van der Waals surface area contributed by atoms with Crippen molar-refractivity contribution in [2.45, 2.75) is 33.2 Å². The summed E-state index contributed by atoms with van der Waals surface area (Å²) in [6.45, 7) is 10.4. The maximum Gasteiger partial charge on any atom is 0.233 e. The molecule has 0 aliphatic rings. The van der Waals surface area contributed by atoms with Crippen molar-refractivity contribution in [3.8, 4) is 0 Å². The van der Waals surface area contributed by atoms with Crippen LogP contribution in [0.25, 0.3) is 0 Å². The van der Waals surface area contributed by atoms with Crippen LogP contribution in [0.3, 0.4) is 0 Å². The molecule has 0 saturated heterocycles. The van der Waals surface area contributed by atoms with Crippen LogP contribution in [0.15, 0.2) is 0 Å². The Morgan fingerprint density at radius 2 is 1.88 bits per heavy atom. The van der Waals surface area contributed by atoms with E-state index in [1.807, 2.05) is 14.1 Å². The molecule has 4 nitrogen and oxygen atoms in total.